The summed E-state index contributed by atoms with van der Waals surface area (Å²) in [4.78, 5) is 31.6. The fourth-order valence-electron chi connectivity index (χ4n) is 3.39. The van der Waals surface area contributed by atoms with Gasteiger partial charge >= 0.3 is 6.03 Å². The van der Waals surface area contributed by atoms with Gasteiger partial charge in [-0.15, -0.1) is 11.3 Å². The fourth-order valence-corrected chi connectivity index (χ4v) is 4.20. The van der Waals surface area contributed by atoms with Crippen LogP contribution in [-0.4, -0.2) is 21.8 Å². The second kappa shape index (κ2) is 6.96. The van der Waals surface area contributed by atoms with Crippen LogP contribution in [0.25, 0.3) is 10.6 Å². The zero-order valence-corrected chi connectivity index (χ0v) is 15.7. The molecule has 1 fully saturated rings. The first-order chi connectivity index (χ1) is 13.1. The van der Waals surface area contributed by atoms with Gasteiger partial charge in [0.1, 0.15) is 10.5 Å². The van der Waals surface area contributed by atoms with E-state index in [0.29, 0.717) is 12.1 Å². The molecule has 1 aliphatic rings. The summed E-state index contributed by atoms with van der Waals surface area (Å²) in [6.45, 7) is 2.08. The molecule has 0 unspecified atom stereocenters. The van der Waals surface area contributed by atoms with Gasteiger partial charge in [0.2, 0.25) is 0 Å². The predicted octanol–water partition coefficient (Wildman–Crippen LogP) is 4.17. The van der Waals surface area contributed by atoms with Crippen LogP contribution in [0.2, 0.25) is 0 Å². The van der Waals surface area contributed by atoms with Crippen LogP contribution in [0.1, 0.15) is 24.6 Å². The Balaban J connectivity index is 1.59. The lowest BCUT2D eigenvalue weighted by Gasteiger charge is -2.25. The standard InChI is InChI=1S/C21H19N3O2S/c1-2-21(16-11-7-4-8-12-16)19(25)24(20(26)23-21)13-17-14-27-18(22-17)15-9-5-3-6-10-15/h3-12,14H,2,13H2,1H3,(H,23,26)/t21-/m1/s1. The molecule has 0 bridgehead atoms. The number of aromatic nitrogens is 1. The average molecular weight is 377 g/mol. The Hall–Kier alpha value is -2.99. The van der Waals surface area contributed by atoms with Crippen molar-refractivity contribution in [1.82, 2.24) is 15.2 Å². The first-order valence-electron chi connectivity index (χ1n) is 8.83. The molecule has 0 saturated carbocycles. The Bertz CT molecular complexity index is 971. The lowest BCUT2D eigenvalue weighted by molar-refractivity contribution is -0.132. The summed E-state index contributed by atoms with van der Waals surface area (Å²) < 4.78 is 0. The molecule has 1 aliphatic heterocycles. The van der Waals surface area contributed by atoms with E-state index in [1.54, 1.807) is 0 Å². The lowest BCUT2D eigenvalue weighted by atomic mass is 9.87. The van der Waals surface area contributed by atoms with Gasteiger partial charge in [0.05, 0.1) is 12.2 Å². The summed E-state index contributed by atoms with van der Waals surface area (Å²) in [5, 5.41) is 5.68. The number of nitrogens with one attached hydrogen (secondary N) is 1. The predicted molar refractivity (Wildman–Crippen MR) is 105 cm³/mol. The highest BCUT2D eigenvalue weighted by atomic mass is 32.1. The van der Waals surface area contributed by atoms with Crippen molar-refractivity contribution in [3.05, 3.63) is 77.3 Å². The summed E-state index contributed by atoms with van der Waals surface area (Å²) in [7, 11) is 0. The highest BCUT2D eigenvalue weighted by Crippen LogP contribution is 2.33. The molecule has 1 N–H and O–H groups in total. The summed E-state index contributed by atoms with van der Waals surface area (Å²) in [6, 6.07) is 18.9. The summed E-state index contributed by atoms with van der Waals surface area (Å²) in [6.07, 6.45) is 0.490. The quantitative estimate of drug-likeness (QED) is 0.679. The van der Waals surface area contributed by atoms with Crippen LogP contribution >= 0.6 is 11.3 Å². The van der Waals surface area contributed by atoms with Gasteiger partial charge in [-0.3, -0.25) is 9.69 Å². The number of carbonyl (C=O) groups is 2. The number of hydrogen-bond acceptors (Lipinski definition) is 4. The van der Waals surface area contributed by atoms with Crippen LogP contribution in [0.3, 0.4) is 0 Å². The van der Waals surface area contributed by atoms with Crippen LogP contribution < -0.4 is 5.32 Å². The molecule has 3 aromatic rings. The van der Waals surface area contributed by atoms with Gasteiger partial charge < -0.3 is 5.32 Å². The van der Waals surface area contributed by atoms with Crippen molar-refractivity contribution in [1.29, 1.82) is 0 Å². The maximum Gasteiger partial charge on any atom is 0.325 e. The number of imide groups is 1. The van der Waals surface area contributed by atoms with Crippen molar-refractivity contribution >= 4 is 23.3 Å². The molecule has 2 heterocycles. The van der Waals surface area contributed by atoms with Gasteiger partial charge in [-0.05, 0) is 12.0 Å². The van der Waals surface area contributed by atoms with E-state index in [4.69, 9.17) is 0 Å². The third-order valence-corrected chi connectivity index (χ3v) is 5.81. The van der Waals surface area contributed by atoms with E-state index in [-0.39, 0.29) is 18.5 Å². The molecule has 6 heteroatoms. The molecule has 5 nitrogen and oxygen atoms in total. The minimum Gasteiger partial charge on any atom is -0.319 e. The first kappa shape index (κ1) is 17.4. The summed E-state index contributed by atoms with van der Waals surface area (Å²) >= 11 is 1.51. The molecule has 136 valence electrons. The molecule has 3 amide bonds. The number of rotatable bonds is 5. The Labute approximate surface area is 161 Å². The summed E-state index contributed by atoms with van der Waals surface area (Å²) in [5.74, 6) is -0.226. The van der Waals surface area contributed by atoms with Crippen LogP contribution in [0, 0.1) is 0 Å². The van der Waals surface area contributed by atoms with E-state index < -0.39 is 5.54 Å². The highest BCUT2D eigenvalue weighted by Gasteiger charge is 2.51. The number of benzene rings is 2. The number of amides is 3. The van der Waals surface area contributed by atoms with Crippen molar-refractivity contribution in [3.8, 4) is 10.6 Å². The molecular weight excluding hydrogens is 358 g/mol. The summed E-state index contributed by atoms with van der Waals surface area (Å²) in [5.41, 5.74) is 1.54. The van der Waals surface area contributed by atoms with Crippen molar-refractivity contribution in [2.45, 2.75) is 25.4 Å². The Morgan fingerprint density at radius 2 is 1.70 bits per heavy atom. The molecule has 0 spiro atoms. The Morgan fingerprint density at radius 3 is 2.37 bits per heavy atom. The Kier molecular flexibility index (Phi) is 4.49. The van der Waals surface area contributed by atoms with E-state index in [2.05, 4.69) is 10.3 Å². The van der Waals surface area contributed by atoms with Crippen molar-refractivity contribution in [2.75, 3.05) is 0 Å². The molecular formula is C21H19N3O2S. The molecule has 4 rings (SSSR count). The number of carbonyl (C=O) groups excluding carboxylic acids is 2. The van der Waals surface area contributed by atoms with Crippen LogP contribution in [-0.2, 0) is 16.9 Å². The average Bonchev–Trinajstić information content (AvgIpc) is 3.28. The fraction of sp³-hybridized carbons (Fsp3) is 0.190. The SMILES string of the molecule is CC[C@]1(c2ccccc2)NC(=O)N(Cc2csc(-c3ccccc3)n2)C1=O. The zero-order valence-electron chi connectivity index (χ0n) is 14.9. The lowest BCUT2D eigenvalue weighted by Crippen LogP contribution is -2.43. The molecule has 1 saturated heterocycles. The van der Waals surface area contributed by atoms with E-state index >= 15 is 0 Å². The number of hydrogen-bond donors (Lipinski definition) is 1. The number of thiazole rings is 1. The second-order valence-corrected chi connectivity index (χ2v) is 7.31. The van der Waals surface area contributed by atoms with Gasteiger partial charge in [-0.25, -0.2) is 9.78 Å². The number of urea groups is 1. The van der Waals surface area contributed by atoms with Crippen LogP contribution in [0.4, 0.5) is 4.79 Å². The van der Waals surface area contributed by atoms with Gasteiger partial charge in [0.15, 0.2) is 0 Å². The molecule has 27 heavy (non-hydrogen) atoms. The Morgan fingerprint density at radius 1 is 1.04 bits per heavy atom. The molecule has 0 aliphatic carbocycles. The molecule has 1 aromatic heterocycles. The number of nitrogens with zero attached hydrogens (tertiary/aromatic N) is 2. The van der Waals surface area contributed by atoms with Gasteiger partial charge in [0.25, 0.3) is 5.91 Å². The maximum atomic E-state index is 13.2. The molecule has 1 atom stereocenters. The topological polar surface area (TPSA) is 62.3 Å². The zero-order chi connectivity index (χ0) is 18.9. The molecule has 2 aromatic carbocycles. The van der Waals surface area contributed by atoms with Crippen molar-refractivity contribution < 1.29 is 9.59 Å². The van der Waals surface area contributed by atoms with Gasteiger partial charge in [0, 0.05) is 10.9 Å². The highest BCUT2D eigenvalue weighted by molar-refractivity contribution is 7.13. The van der Waals surface area contributed by atoms with Crippen molar-refractivity contribution in [3.63, 3.8) is 0 Å². The van der Waals surface area contributed by atoms with Crippen LogP contribution in [0.5, 0.6) is 0 Å². The van der Waals surface area contributed by atoms with Crippen LogP contribution in [0.15, 0.2) is 66.0 Å². The monoisotopic (exact) mass is 377 g/mol. The second-order valence-electron chi connectivity index (χ2n) is 6.46. The van der Waals surface area contributed by atoms with E-state index in [1.807, 2.05) is 73.0 Å². The van der Waals surface area contributed by atoms with Gasteiger partial charge in [-0.1, -0.05) is 67.6 Å². The minimum absolute atomic E-state index is 0.169. The maximum absolute atomic E-state index is 13.2. The molecule has 0 radical (unpaired) electrons. The minimum atomic E-state index is -1.00. The van der Waals surface area contributed by atoms with Gasteiger partial charge in [-0.2, -0.15) is 0 Å². The normalized spacial score (nSPS) is 19.4. The van der Waals surface area contributed by atoms with Crippen molar-refractivity contribution in [2.24, 2.45) is 0 Å². The van der Waals surface area contributed by atoms with E-state index in [1.165, 1.54) is 16.2 Å². The first-order valence-corrected chi connectivity index (χ1v) is 9.71. The third-order valence-electron chi connectivity index (χ3n) is 4.87. The smallest absolute Gasteiger partial charge is 0.319 e. The third kappa shape index (κ3) is 3.02. The largest absolute Gasteiger partial charge is 0.325 e. The van der Waals surface area contributed by atoms with E-state index in [0.717, 1.165) is 16.1 Å². The van der Waals surface area contributed by atoms with E-state index in [9.17, 15) is 9.59 Å².